The van der Waals surface area contributed by atoms with E-state index in [0.717, 1.165) is 50.5 Å². The molecule has 3 aliphatic carbocycles. The second-order valence-corrected chi connectivity index (χ2v) is 18.7. The molecule has 6 rings (SSSR count). The van der Waals surface area contributed by atoms with Crippen molar-refractivity contribution in [3.8, 4) is 0 Å². The zero-order valence-corrected chi connectivity index (χ0v) is 38.1. The fourth-order valence-corrected chi connectivity index (χ4v) is 11.5. The number of likely N-dealkylation sites (N-methyl/N-ethyl adjacent to an activating group) is 1. The Hall–Kier alpha value is -2.19. The maximum Gasteiger partial charge on any atom is 0.306 e. The van der Waals surface area contributed by atoms with Crippen LogP contribution in [-0.4, -0.2) is 118 Å². The number of Topliss-reactive ketones (excluding diaryl/α,β-unsaturated/α-hetero) is 1. The molecule has 1 saturated carbocycles. The SMILES string of the molecule is CCCCCCCC(=O)N(C)[C@H]1CC[C@H](O[C@H]2CCC[C@H](CC)OC(=O)C[C@@H]3C(=C[C@@H]4[C@H]3C=C[C@@H]3C[C@@H](O[C@@H]5OC(C)[C@H](OC)C(OC)[C@@H]5OC)C[C@@H]43)C(=O)[C@@H]2C)OC1C. The van der Waals surface area contributed by atoms with Crippen molar-refractivity contribution in [3.05, 3.63) is 23.8 Å². The highest BCUT2D eigenvalue weighted by molar-refractivity contribution is 5.99. The maximum absolute atomic E-state index is 14.8. The van der Waals surface area contributed by atoms with Crippen LogP contribution in [0, 0.1) is 35.5 Å². The van der Waals surface area contributed by atoms with Gasteiger partial charge in [-0.15, -0.1) is 0 Å². The molecule has 60 heavy (non-hydrogen) atoms. The summed E-state index contributed by atoms with van der Waals surface area (Å²) in [5.74, 6) is -0.0807. The quantitative estimate of drug-likeness (QED) is 0.0913. The van der Waals surface area contributed by atoms with Gasteiger partial charge in [0.15, 0.2) is 18.4 Å². The van der Waals surface area contributed by atoms with E-state index in [0.29, 0.717) is 25.7 Å². The van der Waals surface area contributed by atoms with Gasteiger partial charge in [0.25, 0.3) is 0 Å². The molecule has 0 radical (unpaired) electrons. The third kappa shape index (κ3) is 10.8. The average Bonchev–Trinajstić information content (AvgIpc) is 3.82. The van der Waals surface area contributed by atoms with E-state index in [1.807, 2.05) is 32.7 Å². The normalized spacial score (nSPS) is 41.0. The number of amides is 1. The summed E-state index contributed by atoms with van der Waals surface area (Å²) in [6.45, 7) is 10.3. The highest BCUT2D eigenvalue weighted by atomic mass is 16.7. The summed E-state index contributed by atoms with van der Waals surface area (Å²) in [6.07, 6.45) is 15.8. The number of rotatable bonds is 15. The summed E-state index contributed by atoms with van der Waals surface area (Å²) < 4.78 is 49.9. The number of carbonyl (C=O) groups is 3. The van der Waals surface area contributed by atoms with Crippen molar-refractivity contribution >= 4 is 17.7 Å². The van der Waals surface area contributed by atoms with E-state index >= 15 is 0 Å². The molecule has 12 heteroatoms. The molecule has 0 aromatic carbocycles. The van der Waals surface area contributed by atoms with Gasteiger partial charge in [0.1, 0.15) is 24.4 Å². The van der Waals surface area contributed by atoms with Gasteiger partial charge in [-0.2, -0.15) is 0 Å². The lowest BCUT2D eigenvalue weighted by molar-refractivity contribution is -0.314. The van der Waals surface area contributed by atoms with Gasteiger partial charge in [-0.3, -0.25) is 14.4 Å². The number of fused-ring (bicyclic) bond motifs is 5. The molecule has 3 saturated heterocycles. The minimum Gasteiger partial charge on any atom is -0.462 e. The number of nitrogens with zero attached hydrogens (tertiary/aromatic N) is 1. The second kappa shape index (κ2) is 21.9. The minimum absolute atomic E-state index is 0.0135. The summed E-state index contributed by atoms with van der Waals surface area (Å²) in [5.41, 5.74) is 0.733. The van der Waals surface area contributed by atoms with Gasteiger partial charge in [-0.05, 0) is 94.5 Å². The van der Waals surface area contributed by atoms with Crippen LogP contribution in [0.2, 0.25) is 0 Å². The molecule has 3 aliphatic heterocycles. The van der Waals surface area contributed by atoms with Crippen molar-refractivity contribution in [1.29, 1.82) is 0 Å². The molecule has 6 aliphatic rings. The first-order valence-electron chi connectivity index (χ1n) is 23.5. The minimum atomic E-state index is -0.612. The van der Waals surface area contributed by atoms with E-state index in [4.69, 9.17) is 37.9 Å². The third-order valence-electron chi connectivity index (χ3n) is 15.0. The highest BCUT2D eigenvalue weighted by Gasteiger charge is 2.53. The Kier molecular flexibility index (Phi) is 17.3. The predicted molar refractivity (Wildman–Crippen MR) is 227 cm³/mol. The molecule has 3 unspecified atom stereocenters. The first-order chi connectivity index (χ1) is 28.9. The van der Waals surface area contributed by atoms with Crippen molar-refractivity contribution in [1.82, 2.24) is 4.90 Å². The van der Waals surface area contributed by atoms with Crippen LogP contribution in [0.1, 0.15) is 131 Å². The number of esters is 1. The van der Waals surface area contributed by atoms with E-state index in [1.54, 1.807) is 21.3 Å². The first kappa shape index (κ1) is 47.3. The Balaban J connectivity index is 1.14. The van der Waals surface area contributed by atoms with Crippen LogP contribution < -0.4 is 0 Å². The van der Waals surface area contributed by atoms with E-state index < -0.39 is 24.6 Å². The summed E-state index contributed by atoms with van der Waals surface area (Å²) >= 11 is 0. The van der Waals surface area contributed by atoms with Crippen LogP contribution in [0.15, 0.2) is 23.8 Å². The number of ether oxygens (including phenoxy) is 8. The first-order valence-corrected chi connectivity index (χ1v) is 23.5. The Morgan fingerprint density at radius 3 is 2.27 bits per heavy atom. The molecule has 1 amide bonds. The largest absolute Gasteiger partial charge is 0.462 e. The molecule has 0 bridgehead atoms. The van der Waals surface area contributed by atoms with Gasteiger partial charge >= 0.3 is 5.97 Å². The van der Waals surface area contributed by atoms with E-state index in [1.165, 1.54) is 19.3 Å². The van der Waals surface area contributed by atoms with Gasteiger partial charge in [0.2, 0.25) is 5.91 Å². The van der Waals surface area contributed by atoms with Gasteiger partial charge in [0.05, 0.1) is 36.9 Å². The third-order valence-corrected chi connectivity index (χ3v) is 15.0. The maximum atomic E-state index is 14.8. The lowest BCUT2D eigenvalue weighted by Crippen LogP contribution is -2.59. The monoisotopic (exact) mass is 844 g/mol. The molecule has 3 heterocycles. The van der Waals surface area contributed by atoms with Crippen molar-refractivity contribution in [2.45, 2.75) is 198 Å². The Bertz CT molecular complexity index is 1490. The van der Waals surface area contributed by atoms with Gasteiger partial charge in [0, 0.05) is 53.1 Å². The van der Waals surface area contributed by atoms with Crippen molar-refractivity contribution in [2.24, 2.45) is 35.5 Å². The summed E-state index contributed by atoms with van der Waals surface area (Å²) in [5, 5.41) is 0. The number of unbranched alkanes of at least 4 members (excludes halogenated alkanes) is 4. The summed E-state index contributed by atoms with van der Waals surface area (Å²) in [6, 6.07) is -0.0148. The van der Waals surface area contributed by atoms with Gasteiger partial charge in [-0.25, -0.2) is 0 Å². The van der Waals surface area contributed by atoms with Crippen LogP contribution >= 0.6 is 0 Å². The Labute approximate surface area is 360 Å². The Morgan fingerprint density at radius 1 is 0.817 bits per heavy atom. The standard InChI is InChI=1S/C48H77NO11/c1-10-12-13-14-15-19-41(50)49(6)39-22-23-43(56-29(39)4)60-40-18-16-17-32(11-2)58-42(51)27-37-34-21-20-31-24-33(25-35(31)36(34)26-38(37)44(52)28(40)3)59-48-47(55-9)46(54-8)45(53-7)30(5)57-48/h20-21,26,28-37,39-40,43,45-48H,10-19,22-25,27H2,1-9H3/t28-,29?,30?,31-,32+,33-,34-,35-,36-,37+,39+,40+,43+,45+,46?,47+,48+/m1/s1. The number of allylic oxidation sites excluding steroid dienone is 4. The number of ketones is 1. The summed E-state index contributed by atoms with van der Waals surface area (Å²) in [7, 11) is 6.86. The number of cyclic esters (lactones) is 1. The van der Waals surface area contributed by atoms with Crippen LogP contribution in [-0.2, 0) is 52.3 Å². The fraction of sp³-hybridized carbons (Fsp3) is 0.854. The highest BCUT2D eigenvalue weighted by Crippen LogP contribution is 2.54. The van der Waals surface area contributed by atoms with E-state index in [9.17, 15) is 14.4 Å². The topological polar surface area (TPSA) is 128 Å². The van der Waals surface area contributed by atoms with Crippen LogP contribution in [0.25, 0.3) is 0 Å². The molecule has 0 aromatic heterocycles. The molecular formula is C48H77NO11. The van der Waals surface area contributed by atoms with E-state index in [2.05, 4.69) is 32.1 Å². The number of carbonyl (C=O) groups excluding carboxylic acids is 3. The van der Waals surface area contributed by atoms with Crippen LogP contribution in [0.3, 0.4) is 0 Å². The van der Waals surface area contributed by atoms with Crippen LogP contribution in [0.4, 0.5) is 0 Å². The average molecular weight is 844 g/mol. The smallest absolute Gasteiger partial charge is 0.306 e. The van der Waals surface area contributed by atoms with Gasteiger partial charge in [-0.1, -0.05) is 64.7 Å². The molecule has 17 atom stereocenters. The molecule has 0 N–H and O–H groups in total. The summed E-state index contributed by atoms with van der Waals surface area (Å²) in [4.78, 5) is 43.4. The zero-order valence-electron chi connectivity index (χ0n) is 38.1. The van der Waals surface area contributed by atoms with Gasteiger partial charge < -0.3 is 42.8 Å². The van der Waals surface area contributed by atoms with Crippen LogP contribution in [0.5, 0.6) is 0 Å². The fourth-order valence-electron chi connectivity index (χ4n) is 11.5. The second-order valence-electron chi connectivity index (χ2n) is 18.7. The molecule has 12 nitrogen and oxygen atoms in total. The number of hydrogen-bond acceptors (Lipinski definition) is 11. The number of methoxy groups -OCH3 is 3. The van der Waals surface area contributed by atoms with Crippen molar-refractivity contribution in [2.75, 3.05) is 28.4 Å². The molecular weight excluding hydrogens is 767 g/mol. The molecule has 340 valence electrons. The van der Waals surface area contributed by atoms with Crippen molar-refractivity contribution < 1.29 is 52.3 Å². The number of hydrogen-bond donors (Lipinski definition) is 0. The molecule has 0 spiro atoms. The van der Waals surface area contributed by atoms with E-state index in [-0.39, 0.29) is 102 Å². The molecule has 0 aromatic rings. The lowest BCUT2D eigenvalue weighted by atomic mass is 9.70. The predicted octanol–water partition coefficient (Wildman–Crippen LogP) is 7.74. The lowest BCUT2D eigenvalue weighted by Gasteiger charge is -2.44. The molecule has 4 fully saturated rings. The van der Waals surface area contributed by atoms with Crippen molar-refractivity contribution in [3.63, 3.8) is 0 Å². The Morgan fingerprint density at radius 2 is 1.57 bits per heavy atom. The zero-order chi connectivity index (χ0) is 43.1.